The molecule has 1 heterocycles. The van der Waals surface area contributed by atoms with E-state index in [9.17, 15) is 20.3 Å². The first-order valence-corrected chi connectivity index (χ1v) is 10.7. The number of anilines is 2. The third-order valence-electron chi connectivity index (χ3n) is 5.59. The van der Waals surface area contributed by atoms with Crippen molar-refractivity contribution in [2.75, 3.05) is 10.6 Å². The Morgan fingerprint density at radius 2 is 1.72 bits per heavy atom. The van der Waals surface area contributed by atoms with Gasteiger partial charge in [0, 0.05) is 5.69 Å². The molecule has 2 aliphatic carbocycles. The molecule has 0 bridgehead atoms. The molecular weight excluding hydrogens is 388 g/mol. The number of carbonyl (C=O) groups excluding carboxylic acids is 1. The fourth-order valence-electron chi connectivity index (χ4n) is 4.31. The van der Waals surface area contributed by atoms with Crippen LogP contribution in [0.4, 0.5) is 15.5 Å². The molecule has 0 saturated carbocycles. The number of aliphatic hydroxyl groups is 2. The largest absolute Gasteiger partial charge is 0.390 e. The number of aromatic nitrogens is 1. The van der Waals surface area contributed by atoms with E-state index in [1.165, 1.54) is 0 Å². The number of nitrogens with zero attached hydrogens (tertiary/aromatic N) is 2. The molecular formula is C21H24N4O3S. The van der Waals surface area contributed by atoms with Gasteiger partial charge in [-0.05, 0) is 74.6 Å². The van der Waals surface area contributed by atoms with Crippen LogP contribution in [0.15, 0.2) is 0 Å². The smallest absolute Gasteiger partial charge is 0.324 e. The highest BCUT2D eigenvalue weighted by atomic mass is 32.1. The van der Waals surface area contributed by atoms with Crippen LogP contribution in [0.1, 0.15) is 65.2 Å². The Morgan fingerprint density at radius 3 is 2.24 bits per heavy atom. The van der Waals surface area contributed by atoms with Gasteiger partial charge in [-0.2, -0.15) is 5.26 Å². The summed E-state index contributed by atoms with van der Waals surface area (Å²) in [6.07, 6.45) is 5.44. The molecule has 0 radical (unpaired) electrons. The van der Waals surface area contributed by atoms with Crippen LogP contribution >= 0.6 is 11.3 Å². The third kappa shape index (κ3) is 3.50. The molecule has 2 aromatic rings. The summed E-state index contributed by atoms with van der Waals surface area (Å²) in [5.41, 5.74) is 5.18. The Bertz CT molecular complexity index is 995. The van der Waals surface area contributed by atoms with E-state index in [2.05, 4.69) is 21.7 Å². The Kier molecular flexibility index (Phi) is 5.07. The van der Waals surface area contributed by atoms with Crippen LogP contribution in [0.5, 0.6) is 0 Å². The van der Waals surface area contributed by atoms with Crippen LogP contribution in [0, 0.1) is 11.3 Å². The molecule has 0 atom stereocenters. The van der Waals surface area contributed by atoms with E-state index in [-0.39, 0.29) is 6.61 Å². The van der Waals surface area contributed by atoms with E-state index in [4.69, 9.17) is 0 Å². The number of hydrogen-bond donors (Lipinski definition) is 4. The van der Waals surface area contributed by atoms with Crippen molar-refractivity contribution in [2.45, 2.75) is 64.6 Å². The number of rotatable bonds is 4. The second-order valence-electron chi connectivity index (χ2n) is 8.07. The predicted molar refractivity (Wildman–Crippen MR) is 111 cm³/mol. The van der Waals surface area contributed by atoms with Gasteiger partial charge < -0.3 is 15.5 Å². The average Bonchev–Trinajstić information content (AvgIpc) is 3.40. The maximum atomic E-state index is 12.8. The van der Waals surface area contributed by atoms with Gasteiger partial charge >= 0.3 is 6.03 Å². The van der Waals surface area contributed by atoms with E-state index < -0.39 is 11.6 Å². The van der Waals surface area contributed by atoms with Crippen LogP contribution in [0.2, 0.25) is 0 Å². The van der Waals surface area contributed by atoms with Gasteiger partial charge in [-0.25, -0.2) is 9.78 Å². The molecule has 152 valence electrons. The summed E-state index contributed by atoms with van der Waals surface area (Å²) in [6, 6.07) is 1.99. The van der Waals surface area contributed by atoms with Crippen LogP contribution in [0.25, 0.3) is 0 Å². The zero-order valence-electron chi connectivity index (χ0n) is 16.6. The van der Waals surface area contributed by atoms with Gasteiger partial charge in [0.25, 0.3) is 0 Å². The summed E-state index contributed by atoms with van der Waals surface area (Å²) >= 11 is 1.15. The van der Waals surface area contributed by atoms with E-state index in [0.717, 1.165) is 83.4 Å². The summed E-state index contributed by atoms with van der Waals surface area (Å²) in [7, 11) is 0. The van der Waals surface area contributed by atoms with E-state index in [1.54, 1.807) is 13.8 Å². The third-order valence-corrected chi connectivity index (χ3v) is 6.92. The highest BCUT2D eigenvalue weighted by Crippen LogP contribution is 2.41. The quantitative estimate of drug-likeness (QED) is 0.614. The van der Waals surface area contributed by atoms with Crippen LogP contribution in [-0.2, 0) is 37.9 Å². The molecule has 0 aliphatic heterocycles. The lowest BCUT2D eigenvalue weighted by molar-refractivity contribution is 0.0779. The monoisotopic (exact) mass is 412 g/mol. The van der Waals surface area contributed by atoms with Crippen LogP contribution in [0.3, 0.4) is 0 Å². The Hall–Kier alpha value is -2.47. The topological polar surface area (TPSA) is 118 Å². The molecule has 0 spiro atoms. The number of nitrogens with one attached hydrogen (secondary N) is 2. The first kappa shape index (κ1) is 19.8. The number of benzene rings is 1. The lowest BCUT2D eigenvalue weighted by atomic mass is 9.93. The normalized spacial score (nSPS) is 15.0. The van der Waals surface area contributed by atoms with Crippen molar-refractivity contribution in [3.63, 3.8) is 0 Å². The number of nitriles is 1. The Morgan fingerprint density at radius 1 is 1.14 bits per heavy atom. The van der Waals surface area contributed by atoms with Crippen molar-refractivity contribution >= 4 is 28.1 Å². The van der Waals surface area contributed by atoms with Crippen molar-refractivity contribution in [2.24, 2.45) is 0 Å². The Balaban J connectivity index is 1.64. The zero-order valence-corrected chi connectivity index (χ0v) is 17.4. The second-order valence-corrected chi connectivity index (χ2v) is 9.07. The first-order valence-electron chi connectivity index (χ1n) is 9.84. The highest BCUT2D eigenvalue weighted by Gasteiger charge is 2.30. The number of aliphatic hydroxyl groups excluding tert-OH is 1. The fraction of sp³-hybridized carbons (Fsp3) is 0.476. The van der Waals surface area contributed by atoms with Gasteiger partial charge in [0.05, 0.1) is 18.2 Å². The standard InChI is InChI=1S/C21H24N4O3S/c1-21(2,28)19-23-16(10-26)18(29-19)25-20(27)24-17-13-7-3-5-11(13)15(9-22)12-6-4-8-14(12)17/h26,28H,3-8,10H2,1-2H3,(H2,24,25,27). The van der Waals surface area contributed by atoms with E-state index >= 15 is 0 Å². The maximum absolute atomic E-state index is 12.8. The number of hydrogen-bond acceptors (Lipinski definition) is 6. The molecule has 1 aromatic carbocycles. The maximum Gasteiger partial charge on any atom is 0.324 e. The molecule has 8 heteroatoms. The van der Waals surface area contributed by atoms with Gasteiger partial charge in [0.15, 0.2) is 0 Å². The first-order chi connectivity index (χ1) is 13.8. The van der Waals surface area contributed by atoms with E-state index in [1.807, 2.05) is 0 Å². The molecule has 0 fully saturated rings. The molecule has 2 aliphatic rings. The lowest BCUT2D eigenvalue weighted by Crippen LogP contribution is -2.22. The number of thiazole rings is 1. The lowest BCUT2D eigenvalue weighted by Gasteiger charge is -2.18. The molecule has 29 heavy (non-hydrogen) atoms. The van der Waals surface area contributed by atoms with Gasteiger partial charge in [0.2, 0.25) is 0 Å². The second kappa shape index (κ2) is 7.41. The average molecular weight is 413 g/mol. The molecule has 1 aromatic heterocycles. The van der Waals surface area contributed by atoms with Crippen molar-refractivity contribution < 1.29 is 15.0 Å². The molecule has 2 amide bonds. The number of carbonyl (C=O) groups is 1. The van der Waals surface area contributed by atoms with Crippen LogP contribution < -0.4 is 10.6 Å². The number of amides is 2. The van der Waals surface area contributed by atoms with Crippen molar-refractivity contribution in [3.8, 4) is 6.07 Å². The molecule has 4 N–H and O–H groups in total. The minimum Gasteiger partial charge on any atom is -0.390 e. The predicted octanol–water partition coefficient (Wildman–Crippen LogP) is 3.36. The van der Waals surface area contributed by atoms with Gasteiger partial charge in [0.1, 0.15) is 21.3 Å². The van der Waals surface area contributed by atoms with Gasteiger partial charge in [-0.15, -0.1) is 0 Å². The summed E-state index contributed by atoms with van der Waals surface area (Å²) in [5.74, 6) is 0. The summed E-state index contributed by atoms with van der Waals surface area (Å²) < 4.78 is 0. The minimum absolute atomic E-state index is 0.330. The van der Waals surface area contributed by atoms with Gasteiger partial charge in [-0.3, -0.25) is 5.32 Å². The zero-order chi connectivity index (χ0) is 20.8. The van der Waals surface area contributed by atoms with E-state index in [0.29, 0.717) is 15.7 Å². The molecule has 0 unspecified atom stereocenters. The van der Waals surface area contributed by atoms with Crippen molar-refractivity contribution in [1.82, 2.24) is 4.98 Å². The number of urea groups is 1. The summed E-state index contributed by atoms with van der Waals surface area (Å²) in [5, 5.41) is 36.0. The highest BCUT2D eigenvalue weighted by molar-refractivity contribution is 7.16. The molecule has 4 rings (SSSR count). The SMILES string of the molecule is CC(C)(O)c1nc(CO)c(NC(=O)Nc2c3c(c(C#N)c4c2CCC4)CCC3)s1. The van der Waals surface area contributed by atoms with Crippen molar-refractivity contribution in [1.29, 1.82) is 5.26 Å². The summed E-state index contributed by atoms with van der Waals surface area (Å²) in [4.78, 5) is 17.0. The number of fused-ring (bicyclic) bond motifs is 2. The Labute approximate surface area is 173 Å². The molecule has 7 nitrogen and oxygen atoms in total. The molecule has 0 saturated heterocycles. The summed E-state index contributed by atoms with van der Waals surface area (Å²) in [6.45, 7) is 2.89. The minimum atomic E-state index is -1.15. The van der Waals surface area contributed by atoms with Crippen LogP contribution in [-0.4, -0.2) is 21.2 Å². The van der Waals surface area contributed by atoms with Gasteiger partial charge in [-0.1, -0.05) is 11.3 Å². The van der Waals surface area contributed by atoms with Crippen molar-refractivity contribution in [3.05, 3.63) is 38.5 Å². The fourth-order valence-corrected chi connectivity index (χ4v) is 5.28.